The summed E-state index contributed by atoms with van der Waals surface area (Å²) in [6.45, 7) is 4.07. The smallest absolute Gasteiger partial charge is 0.0294 e. The van der Waals surface area contributed by atoms with Gasteiger partial charge in [0.2, 0.25) is 0 Å². The van der Waals surface area contributed by atoms with Crippen molar-refractivity contribution >= 4 is 0 Å². The van der Waals surface area contributed by atoms with Crippen molar-refractivity contribution in [2.75, 3.05) is 0 Å². The van der Waals surface area contributed by atoms with Gasteiger partial charge in [0, 0.05) is 0 Å². The van der Waals surface area contributed by atoms with E-state index >= 15 is 0 Å². The van der Waals surface area contributed by atoms with Gasteiger partial charge in [-0.3, -0.25) is 0 Å². The van der Waals surface area contributed by atoms with E-state index in [4.69, 9.17) is 0 Å². The van der Waals surface area contributed by atoms with E-state index in [9.17, 15) is 0 Å². The third-order valence-electron chi connectivity index (χ3n) is 3.20. The summed E-state index contributed by atoms with van der Waals surface area (Å²) in [6.07, 6.45) is 10.0. The van der Waals surface area contributed by atoms with Crippen LogP contribution in [0.5, 0.6) is 0 Å². The van der Waals surface area contributed by atoms with E-state index < -0.39 is 0 Å². The Morgan fingerprint density at radius 2 is 1.80 bits per heavy atom. The number of hydrogen-bond acceptors (Lipinski definition) is 0. The molecule has 2 aliphatic rings. The van der Waals surface area contributed by atoms with Crippen LogP contribution in [-0.2, 0) is 0 Å². The van der Waals surface area contributed by atoms with Gasteiger partial charge in [-0.2, -0.15) is 0 Å². The second-order valence-corrected chi connectivity index (χ2v) is 4.10. The first-order valence-electron chi connectivity index (χ1n) is 4.47. The molecule has 1 spiro atoms. The fraction of sp³-hybridized carbons (Fsp3) is 0.800. The normalized spacial score (nSPS) is 30.2. The Balaban J connectivity index is 1.98. The minimum absolute atomic E-state index is 0.833. The van der Waals surface area contributed by atoms with Gasteiger partial charge in [-0.15, -0.1) is 0 Å². The molecular formula is C10H16. The van der Waals surface area contributed by atoms with Gasteiger partial charge in [-0.05, 0) is 50.4 Å². The maximum Gasteiger partial charge on any atom is -0.0294 e. The highest BCUT2D eigenvalue weighted by atomic mass is 14.5. The minimum Gasteiger partial charge on any atom is -0.0999 e. The topological polar surface area (TPSA) is 0 Å². The highest BCUT2D eigenvalue weighted by Crippen LogP contribution is 2.55. The van der Waals surface area contributed by atoms with Crippen LogP contribution in [-0.4, -0.2) is 0 Å². The van der Waals surface area contributed by atoms with E-state index in [-0.39, 0.29) is 0 Å². The van der Waals surface area contributed by atoms with E-state index in [1.807, 2.05) is 0 Å². The van der Waals surface area contributed by atoms with Gasteiger partial charge in [0.15, 0.2) is 0 Å². The molecule has 2 aliphatic carbocycles. The predicted molar refractivity (Wildman–Crippen MR) is 43.9 cm³/mol. The van der Waals surface area contributed by atoms with Gasteiger partial charge < -0.3 is 0 Å². The monoisotopic (exact) mass is 136 g/mol. The minimum atomic E-state index is 0.833. The molecule has 56 valence electrons. The third-order valence-corrected chi connectivity index (χ3v) is 3.20. The fourth-order valence-electron chi connectivity index (χ4n) is 2.08. The molecule has 0 atom stereocenters. The van der Waals surface area contributed by atoms with Crippen molar-refractivity contribution in [2.24, 2.45) is 5.41 Å². The van der Waals surface area contributed by atoms with E-state index in [2.05, 4.69) is 6.58 Å². The second kappa shape index (κ2) is 2.11. The Kier molecular flexibility index (Phi) is 1.36. The van der Waals surface area contributed by atoms with Crippen LogP contribution in [0.2, 0.25) is 0 Å². The van der Waals surface area contributed by atoms with Crippen LogP contribution >= 0.6 is 0 Å². The van der Waals surface area contributed by atoms with Crippen LogP contribution in [0.15, 0.2) is 12.2 Å². The molecule has 0 heteroatoms. The van der Waals surface area contributed by atoms with Gasteiger partial charge in [0.25, 0.3) is 0 Å². The van der Waals surface area contributed by atoms with Crippen LogP contribution in [0.25, 0.3) is 0 Å². The maximum atomic E-state index is 4.07. The van der Waals surface area contributed by atoms with E-state index in [0.29, 0.717) is 0 Å². The summed E-state index contributed by atoms with van der Waals surface area (Å²) < 4.78 is 0. The zero-order chi connectivity index (χ0) is 7.03. The van der Waals surface area contributed by atoms with Gasteiger partial charge in [-0.1, -0.05) is 12.2 Å². The van der Waals surface area contributed by atoms with Crippen LogP contribution in [0.1, 0.15) is 44.9 Å². The van der Waals surface area contributed by atoms with Crippen molar-refractivity contribution in [3.63, 3.8) is 0 Å². The zero-order valence-corrected chi connectivity index (χ0v) is 6.66. The molecular weight excluding hydrogens is 120 g/mol. The van der Waals surface area contributed by atoms with Crippen LogP contribution in [0.3, 0.4) is 0 Å². The molecule has 0 aromatic heterocycles. The number of hydrogen-bond donors (Lipinski definition) is 0. The summed E-state index contributed by atoms with van der Waals surface area (Å²) in [5.41, 5.74) is 2.34. The van der Waals surface area contributed by atoms with Crippen LogP contribution < -0.4 is 0 Å². The lowest BCUT2D eigenvalue weighted by molar-refractivity contribution is 0.442. The Morgan fingerprint density at radius 3 is 2.50 bits per heavy atom. The summed E-state index contributed by atoms with van der Waals surface area (Å²) >= 11 is 0. The second-order valence-electron chi connectivity index (χ2n) is 4.10. The van der Waals surface area contributed by atoms with Crippen molar-refractivity contribution in [3.05, 3.63) is 12.2 Å². The lowest BCUT2D eigenvalue weighted by Crippen LogP contribution is -1.95. The molecule has 0 aliphatic heterocycles. The Morgan fingerprint density at radius 1 is 1.00 bits per heavy atom. The molecule has 0 radical (unpaired) electrons. The Labute approximate surface area is 63.3 Å². The Hall–Kier alpha value is -0.260. The molecule has 0 bridgehead atoms. The standard InChI is InChI=1S/C10H16/c1-9-3-2-5-10(6-4-9)7-8-10/h1-8H2. The van der Waals surface area contributed by atoms with Crippen molar-refractivity contribution < 1.29 is 0 Å². The molecule has 0 saturated heterocycles. The average Bonchev–Trinajstić information content (AvgIpc) is 2.67. The third kappa shape index (κ3) is 1.12. The molecule has 10 heavy (non-hydrogen) atoms. The van der Waals surface area contributed by atoms with Crippen molar-refractivity contribution in [1.82, 2.24) is 0 Å². The lowest BCUT2D eigenvalue weighted by atomic mass is 9.97. The van der Waals surface area contributed by atoms with Gasteiger partial charge in [-0.25, -0.2) is 0 Å². The van der Waals surface area contributed by atoms with Gasteiger partial charge >= 0.3 is 0 Å². The number of rotatable bonds is 0. The van der Waals surface area contributed by atoms with Crippen molar-refractivity contribution in [1.29, 1.82) is 0 Å². The molecule has 0 aromatic carbocycles. The summed E-state index contributed by atoms with van der Waals surface area (Å²) in [4.78, 5) is 0. The molecule has 2 saturated carbocycles. The van der Waals surface area contributed by atoms with Gasteiger partial charge in [0.1, 0.15) is 0 Å². The van der Waals surface area contributed by atoms with Crippen molar-refractivity contribution in [3.8, 4) is 0 Å². The van der Waals surface area contributed by atoms with Gasteiger partial charge in [0.05, 0.1) is 0 Å². The summed E-state index contributed by atoms with van der Waals surface area (Å²) in [5, 5.41) is 0. The summed E-state index contributed by atoms with van der Waals surface area (Å²) in [5.74, 6) is 0. The first-order valence-corrected chi connectivity index (χ1v) is 4.47. The first-order chi connectivity index (χ1) is 4.81. The molecule has 0 aromatic rings. The summed E-state index contributed by atoms with van der Waals surface area (Å²) in [6, 6.07) is 0. The highest BCUT2D eigenvalue weighted by Gasteiger charge is 2.41. The molecule has 0 amide bonds. The molecule has 0 heterocycles. The molecule has 2 fully saturated rings. The van der Waals surface area contributed by atoms with E-state index in [1.54, 1.807) is 0 Å². The molecule has 0 unspecified atom stereocenters. The van der Waals surface area contributed by atoms with E-state index in [1.165, 1.54) is 50.5 Å². The largest absolute Gasteiger partial charge is 0.0999 e. The molecule has 2 rings (SSSR count). The zero-order valence-electron chi connectivity index (χ0n) is 6.66. The molecule has 0 N–H and O–H groups in total. The quantitative estimate of drug-likeness (QED) is 0.448. The van der Waals surface area contributed by atoms with E-state index in [0.717, 1.165) is 5.41 Å². The number of allylic oxidation sites excluding steroid dienone is 1. The van der Waals surface area contributed by atoms with Crippen LogP contribution in [0.4, 0.5) is 0 Å². The average molecular weight is 136 g/mol. The van der Waals surface area contributed by atoms with Crippen LogP contribution in [0, 0.1) is 5.41 Å². The fourth-order valence-corrected chi connectivity index (χ4v) is 2.08. The highest BCUT2D eigenvalue weighted by molar-refractivity contribution is 5.04. The SMILES string of the molecule is C=C1CCCC2(CC1)CC2. The summed E-state index contributed by atoms with van der Waals surface area (Å²) in [7, 11) is 0. The predicted octanol–water partition coefficient (Wildman–Crippen LogP) is 3.29. The Bertz CT molecular complexity index is 151. The maximum absolute atomic E-state index is 4.07. The van der Waals surface area contributed by atoms with Crippen molar-refractivity contribution in [2.45, 2.75) is 44.9 Å². The first kappa shape index (κ1) is 6.45. The molecule has 0 nitrogen and oxygen atoms in total. The lowest BCUT2D eigenvalue weighted by Gasteiger charge is -2.08.